The molecule has 0 N–H and O–H groups in total. The van der Waals surface area contributed by atoms with Crippen LogP contribution in [0.3, 0.4) is 0 Å². The number of methoxy groups -OCH3 is 1. The van der Waals surface area contributed by atoms with Crippen molar-refractivity contribution in [1.29, 1.82) is 0 Å². The van der Waals surface area contributed by atoms with Gasteiger partial charge < -0.3 is 9.30 Å². The Hall–Kier alpha value is -3.42. The van der Waals surface area contributed by atoms with Gasteiger partial charge in [0, 0.05) is 28.7 Å². The summed E-state index contributed by atoms with van der Waals surface area (Å²) in [5, 5.41) is 0. The van der Waals surface area contributed by atoms with Gasteiger partial charge in [-0.25, -0.2) is 9.69 Å². The number of Topliss-reactive ketones (excluding diaryl/α,β-unsaturated/α-hetero) is 1. The lowest BCUT2D eigenvalue weighted by Crippen LogP contribution is -2.39. The van der Waals surface area contributed by atoms with Crippen molar-refractivity contribution in [2.75, 3.05) is 13.7 Å². The molecule has 8 nitrogen and oxygen atoms in total. The molecule has 0 bridgehead atoms. The predicted molar refractivity (Wildman–Crippen MR) is 105 cm³/mol. The summed E-state index contributed by atoms with van der Waals surface area (Å²) in [7, 11) is 1.59. The van der Waals surface area contributed by atoms with Crippen LogP contribution in [0.4, 0.5) is 4.79 Å². The van der Waals surface area contributed by atoms with Crippen LogP contribution in [0.15, 0.2) is 30.3 Å². The minimum atomic E-state index is -0.971. The second-order valence-corrected chi connectivity index (χ2v) is 7.18. The van der Waals surface area contributed by atoms with E-state index in [-0.39, 0.29) is 0 Å². The second kappa shape index (κ2) is 7.54. The summed E-state index contributed by atoms with van der Waals surface area (Å²) in [5.41, 5.74) is 2.77. The first kappa shape index (κ1) is 20.3. The molecule has 0 unspecified atom stereocenters. The van der Waals surface area contributed by atoms with Crippen LogP contribution in [0.2, 0.25) is 0 Å². The van der Waals surface area contributed by atoms with E-state index in [4.69, 9.17) is 4.74 Å². The fourth-order valence-electron chi connectivity index (χ4n) is 3.52. The molecule has 1 aliphatic rings. The second-order valence-electron chi connectivity index (χ2n) is 7.18. The topological polar surface area (TPSA) is 88.9 Å². The van der Waals surface area contributed by atoms with Crippen LogP contribution in [-0.4, -0.2) is 57.7 Å². The van der Waals surface area contributed by atoms with Gasteiger partial charge in [-0.3, -0.25) is 19.3 Å². The predicted octanol–water partition coefficient (Wildman–Crippen LogP) is 2.48. The molecule has 4 amide bonds. The molecule has 2 heterocycles. The van der Waals surface area contributed by atoms with Gasteiger partial charge in [0.2, 0.25) is 0 Å². The van der Waals surface area contributed by atoms with E-state index in [1.807, 2.05) is 35.8 Å². The van der Waals surface area contributed by atoms with Crippen LogP contribution in [0.5, 0.6) is 5.75 Å². The Morgan fingerprint density at radius 3 is 2.17 bits per heavy atom. The lowest BCUT2D eigenvalue weighted by Gasteiger charge is -2.18. The minimum absolute atomic E-state index is 0.398. The van der Waals surface area contributed by atoms with Crippen LogP contribution in [0.25, 0.3) is 5.69 Å². The Morgan fingerprint density at radius 2 is 1.66 bits per heavy atom. The number of nitrogens with zero attached hydrogens (tertiary/aromatic N) is 3. The molecule has 0 aliphatic carbocycles. The van der Waals surface area contributed by atoms with Gasteiger partial charge in [-0.15, -0.1) is 0 Å². The number of hydrogen-bond donors (Lipinski definition) is 0. The van der Waals surface area contributed by atoms with Crippen LogP contribution in [-0.2, 0) is 9.59 Å². The van der Waals surface area contributed by atoms with E-state index in [0.717, 1.165) is 22.0 Å². The minimum Gasteiger partial charge on any atom is -0.497 e. The SMILES string of the molecule is COc1ccc(-n2c(C)cc(C(=O)CN3C(=O)C(=O)N(C(C)C)C3=O)c2C)cc1. The maximum atomic E-state index is 12.9. The molecule has 1 aromatic heterocycles. The Bertz CT molecular complexity index is 1000. The number of urea groups is 1. The van der Waals surface area contributed by atoms with Crippen molar-refractivity contribution in [3.8, 4) is 11.4 Å². The summed E-state index contributed by atoms with van der Waals surface area (Å²) in [4.78, 5) is 51.1. The van der Waals surface area contributed by atoms with Crippen LogP contribution in [0.1, 0.15) is 35.6 Å². The van der Waals surface area contributed by atoms with Crippen molar-refractivity contribution >= 4 is 23.6 Å². The number of ketones is 1. The van der Waals surface area contributed by atoms with Crippen LogP contribution < -0.4 is 4.74 Å². The van der Waals surface area contributed by atoms with Crippen LogP contribution >= 0.6 is 0 Å². The molecule has 1 aromatic carbocycles. The van der Waals surface area contributed by atoms with Gasteiger partial charge in [0.25, 0.3) is 0 Å². The van der Waals surface area contributed by atoms with Gasteiger partial charge in [-0.2, -0.15) is 0 Å². The van der Waals surface area contributed by atoms with E-state index in [1.54, 1.807) is 33.9 Å². The average molecular weight is 397 g/mol. The third-order valence-electron chi connectivity index (χ3n) is 4.96. The fourth-order valence-corrected chi connectivity index (χ4v) is 3.52. The zero-order valence-corrected chi connectivity index (χ0v) is 17.1. The molecule has 0 radical (unpaired) electrons. The van der Waals surface area contributed by atoms with Gasteiger partial charge in [-0.1, -0.05) is 0 Å². The Morgan fingerprint density at radius 1 is 1.03 bits per heavy atom. The zero-order valence-electron chi connectivity index (χ0n) is 17.1. The highest BCUT2D eigenvalue weighted by Crippen LogP contribution is 2.24. The van der Waals surface area contributed by atoms with Crippen molar-refractivity contribution < 1.29 is 23.9 Å². The molecule has 2 aromatic rings. The van der Waals surface area contributed by atoms with E-state index in [1.165, 1.54) is 0 Å². The third-order valence-corrected chi connectivity index (χ3v) is 4.96. The molecular weight excluding hydrogens is 374 g/mol. The number of carbonyl (C=O) groups is 4. The molecule has 1 saturated heterocycles. The molecule has 3 rings (SSSR count). The summed E-state index contributed by atoms with van der Waals surface area (Å²) in [5.74, 6) is -1.56. The van der Waals surface area contributed by atoms with Gasteiger partial charge in [-0.05, 0) is 58.0 Å². The summed E-state index contributed by atoms with van der Waals surface area (Å²) < 4.78 is 7.08. The number of imide groups is 2. The summed E-state index contributed by atoms with van der Waals surface area (Å²) in [6.07, 6.45) is 0. The summed E-state index contributed by atoms with van der Waals surface area (Å²) in [6, 6.07) is 7.90. The molecule has 0 saturated carbocycles. The zero-order chi connectivity index (χ0) is 21.5. The standard InChI is InChI=1S/C21H23N3O5/c1-12(2)23-20(27)19(26)22(21(23)28)11-18(25)17-10-13(3)24(14(17)4)15-6-8-16(29-5)9-7-15/h6-10,12H,11H2,1-5H3. The van der Waals surface area contributed by atoms with Crippen LogP contribution in [0, 0.1) is 13.8 Å². The quantitative estimate of drug-likeness (QED) is 0.424. The highest BCUT2D eigenvalue weighted by Gasteiger charge is 2.46. The van der Waals surface area contributed by atoms with E-state index in [2.05, 4.69) is 0 Å². The third kappa shape index (κ3) is 3.41. The first-order chi connectivity index (χ1) is 13.7. The number of ether oxygens (including phenoxy) is 1. The number of carbonyl (C=O) groups excluding carboxylic acids is 4. The number of benzene rings is 1. The Kier molecular flexibility index (Phi) is 5.28. The van der Waals surface area contributed by atoms with Gasteiger partial charge in [0.1, 0.15) is 5.75 Å². The Labute approximate surface area is 168 Å². The number of rotatable bonds is 6. The largest absolute Gasteiger partial charge is 0.497 e. The highest BCUT2D eigenvalue weighted by atomic mass is 16.5. The average Bonchev–Trinajstić information content (AvgIpc) is 3.09. The monoisotopic (exact) mass is 397 g/mol. The van der Waals surface area contributed by atoms with Crippen molar-refractivity contribution in [2.45, 2.75) is 33.7 Å². The first-order valence-corrected chi connectivity index (χ1v) is 9.23. The molecule has 1 fully saturated rings. The van der Waals surface area contributed by atoms with Crippen molar-refractivity contribution in [3.05, 3.63) is 47.3 Å². The molecule has 0 spiro atoms. The fraction of sp³-hybridized carbons (Fsp3) is 0.333. The van der Waals surface area contributed by atoms with E-state index in [9.17, 15) is 19.2 Å². The van der Waals surface area contributed by atoms with Crippen molar-refractivity contribution in [3.63, 3.8) is 0 Å². The molecule has 29 heavy (non-hydrogen) atoms. The lowest BCUT2D eigenvalue weighted by molar-refractivity contribution is -0.143. The number of hydrogen-bond acceptors (Lipinski definition) is 5. The van der Waals surface area contributed by atoms with Gasteiger partial charge in [0.15, 0.2) is 5.78 Å². The summed E-state index contributed by atoms with van der Waals surface area (Å²) in [6.45, 7) is 6.46. The maximum absolute atomic E-state index is 12.9. The van der Waals surface area contributed by atoms with Gasteiger partial charge in [0.05, 0.1) is 13.7 Å². The van der Waals surface area contributed by atoms with Gasteiger partial charge >= 0.3 is 17.8 Å². The van der Waals surface area contributed by atoms with E-state index >= 15 is 0 Å². The Balaban J connectivity index is 1.88. The molecule has 8 heteroatoms. The maximum Gasteiger partial charge on any atom is 0.334 e. The normalized spacial score (nSPS) is 14.3. The highest BCUT2D eigenvalue weighted by molar-refractivity contribution is 6.45. The van der Waals surface area contributed by atoms with E-state index < -0.39 is 36.2 Å². The van der Waals surface area contributed by atoms with E-state index in [0.29, 0.717) is 16.2 Å². The smallest absolute Gasteiger partial charge is 0.334 e. The summed E-state index contributed by atoms with van der Waals surface area (Å²) >= 11 is 0. The number of aromatic nitrogens is 1. The molecule has 1 aliphatic heterocycles. The number of aryl methyl sites for hydroxylation is 1. The molecule has 0 atom stereocenters. The number of amides is 4. The lowest BCUT2D eigenvalue weighted by atomic mass is 10.1. The van der Waals surface area contributed by atoms with Crippen molar-refractivity contribution in [2.24, 2.45) is 0 Å². The molecule has 152 valence electrons. The molecular formula is C21H23N3O5. The van der Waals surface area contributed by atoms with Crippen molar-refractivity contribution in [1.82, 2.24) is 14.4 Å². The first-order valence-electron chi connectivity index (χ1n) is 9.23.